The molecule has 2 aromatic carbocycles. The molecular formula is C17H14N2O3. The van der Waals surface area contributed by atoms with Gasteiger partial charge in [0, 0.05) is 23.6 Å². The van der Waals surface area contributed by atoms with Crippen molar-refractivity contribution in [3.8, 4) is 17.0 Å². The van der Waals surface area contributed by atoms with Gasteiger partial charge in [0.05, 0.1) is 17.7 Å². The lowest BCUT2D eigenvalue weighted by Crippen LogP contribution is -2.13. The second-order valence-electron chi connectivity index (χ2n) is 5.15. The third kappa shape index (κ3) is 1.76. The van der Waals surface area contributed by atoms with Crippen LogP contribution in [-0.4, -0.2) is 36.3 Å². The zero-order valence-corrected chi connectivity index (χ0v) is 12.1. The van der Waals surface area contributed by atoms with Gasteiger partial charge in [-0.05, 0) is 12.1 Å². The summed E-state index contributed by atoms with van der Waals surface area (Å²) in [6.45, 7) is 0.874. The number of nitrogens with zero attached hydrogens (tertiary/aromatic N) is 1. The Morgan fingerprint density at radius 2 is 1.91 bits per heavy atom. The molecular weight excluding hydrogens is 280 g/mol. The number of rotatable bonds is 4. The number of nitrogens with one attached hydrogen (secondary N) is 1. The fourth-order valence-electron chi connectivity index (χ4n) is 2.91. The lowest BCUT2D eigenvalue weighted by molar-refractivity contribution is 0.103. The summed E-state index contributed by atoms with van der Waals surface area (Å²) >= 11 is 0. The first-order valence-corrected chi connectivity index (χ1v) is 7.08. The van der Waals surface area contributed by atoms with Gasteiger partial charge in [-0.1, -0.05) is 24.3 Å². The molecule has 1 heterocycles. The third-order valence-electron chi connectivity index (χ3n) is 3.89. The smallest absolute Gasteiger partial charge is 0.198 e. The summed E-state index contributed by atoms with van der Waals surface area (Å²) < 4.78 is 10.7. The first-order chi connectivity index (χ1) is 10.8. The Hall–Kier alpha value is -2.66. The van der Waals surface area contributed by atoms with E-state index in [0.717, 1.165) is 22.2 Å². The molecule has 0 atom stereocenters. The highest BCUT2D eigenvalue weighted by atomic mass is 16.5. The number of aromatic nitrogens is 2. The molecule has 5 heteroatoms. The molecule has 0 radical (unpaired) electrons. The highest BCUT2D eigenvalue weighted by molar-refractivity contribution is 6.26. The maximum atomic E-state index is 12.9. The average molecular weight is 294 g/mol. The van der Waals surface area contributed by atoms with Gasteiger partial charge in [-0.15, -0.1) is 0 Å². The van der Waals surface area contributed by atoms with Crippen LogP contribution >= 0.6 is 0 Å². The average Bonchev–Trinajstić information content (AvgIpc) is 2.98. The van der Waals surface area contributed by atoms with Crippen LogP contribution in [0.5, 0.6) is 5.75 Å². The van der Waals surface area contributed by atoms with Gasteiger partial charge in [-0.3, -0.25) is 9.89 Å². The Morgan fingerprint density at radius 1 is 1.09 bits per heavy atom. The molecule has 110 valence electrons. The summed E-state index contributed by atoms with van der Waals surface area (Å²) in [5, 5.41) is 8.26. The van der Waals surface area contributed by atoms with Crippen LogP contribution < -0.4 is 4.74 Å². The molecule has 0 fully saturated rings. The summed E-state index contributed by atoms with van der Waals surface area (Å²) in [6.07, 6.45) is 0. The second-order valence-corrected chi connectivity index (χ2v) is 5.15. The fraction of sp³-hybridized carbons (Fsp3) is 0.176. The molecule has 1 N–H and O–H groups in total. The number of methoxy groups -OCH3 is 1. The molecule has 0 saturated carbocycles. The number of carbonyl (C=O) groups excluding carboxylic acids is 1. The van der Waals surface area contributed by atoms with E-state index in [1.54, 1.807) is 7.11 Å². The zero-order valence-electron chi connectivity index (χ0n) is 12.1. The number of fused-ring (bicyclic) bond motifs is 2. The molecule has 4 rings (SSSR count). The summed E-state index contributed by atoms with van der Waals surface area (Å²) in [5.74, 6) is 0.549. The van der Waals surface area contributed by atoms with Gasteiger partial charge >= 0.3 is 0 Å². The van der Waals surface area contributed by atoms with Gasteiger partial charge in [-0.2, -0.15) is 5.10 Å². The SMILES string of the molecule is COCCOc1cccc2c1C(=O)c1cccc3[nH]nc-2c13. The molecule has 22 heavy (non-hydrogen) atoms. The van der Waals surface area contributed by atoms with Crippen LogP contribution in [0.15, 0.2) is 36.4 Å². The number of carbonyl (C=O) groups is 1. The number of aromatic amines is 1. The number of benzene rings is 2. The van der Waals surface area contributed by atoms with Crippen LogP contribution in [0, 0.1) is 0 Å². The van der Waals surface area contributed by atoms with E-state index in [9.17, 15) is 4.79 Å². The number of hydrogen-bond donors (Lipinski definition) is 1. The van der Waals surface area contributed by atoms with E-state index in [1.807, 2.05) is 36.4 Å². The predicted molar refractivity (Wildman–Crippen MR) is 82.3 cm³/mol. The van der Waals surface area contributed by atoms with Crippen molar-refractivity contribution in [1.29, 1.82) is 0 Å². The third-order valence-corrected chi connectivity index (χ3v) is 3.89. The van der Waals surface area contributed by atoms with Gasteiger partial charge < -0.3 is 9.47 Å². The van der Waals surface area contributed by atoms with Crippen LogP contribution in [-0.2, 0) is 4.74 Å². The molecule has 1 aliphatic rings. The number of H-pyrrole nitrogens is 1. The van der Waals surface area contributed by atoms with Crippen molar-refractivity contribution >= 4 is 16.7 Å². The topological polar surface area (TPSA) is 64.2 Å². The van der Waals surface area contributed by atoms with E-state index < -0.39 is 0 Å². The zero-order chi connectivity index (χ0) is 15.1. The molecule has 5 nitrogen and oxygen atoms in total. The normalized spacial score (nSPS) is 12.5. The lowest BCUT2D eigenvalue weighted by Gasteiger charge is -2.18. The summed E-state index contributed by atoms with van der Waals surface area (Å²) in [4.78, 5) is 12.9. The van der Waals surface area contributed by atoms with Crippen molar-refractivity contribution < 1.29 is 14.3 Å². The molecule has 1 aromatic heterocycles. The van der Waals surface area contributed by atoms with Crippen LogP contribution in [0.2, 0.25) is 0 Å². The molecule has 0 spiro atoms. The highest BCUT2D eigenvalue weighted by Gasteiger charge is 2.30. The molecule has 0 aliphatic heterocycles. The van der Waals surface area contributed by atoms with E-state index in [1.165, 1.54) is 0 Å². The Labute approximate surface area is 126 Å². The van der Waals surface area contributed by atoms with Gasteiger partial charge in [0.25, 0.3) is 0 Å². The Kier molecular flexibility index (Phi) is 2.94. The Bertz CT molecular complexity index is 883. The number of ether oxygens (including phenoxy) is 2. The summed E-state index contributed by atoms with van der Waals surface area (Å²) in [6, 6.07) is 11.2. The molecule has 0 amide bonds. The maximum absolute atomic E-state index is 12.9. The van der Waals surface area contributed by atoms with E-state index in [-0.39, 0.29) is 5.78 Å². The number of ketones is 1. The minimum absolute atomic E-state index is 0.0254. The van der Waals surface area contributed by atoms with Gasteiger partial charge in [0.2, 0.25) is 0 Å². The highest BCUT2D eigenvalue weighted by Crippen LogP contribution is 2.41. The van der Waals surface area contributed by atoms with E-state index >= 15 is 0 Å². The maximum Gasteiger partial charge on any atom is 0.198 e. The minimum atomic E-state index is -0.0254. The van der Waals surface area contributed by atoms with Gasteiger partial charge in [0.1, 0.15) is 18.1 Å². The van der Waals surface area contributed by atoms with Crippen molar-refractivity contribution in [3.05, 3.63) is 47.5 Å². The summed E-state index contributed by atoms with van der Waals surface area (Å²) in [7, 11) is 1.62. The van der Waals surface area contributed by atoms with Crippen LogP contribution in [0.25, 0.3) is 22.2 Å². The van der Waals surface area contributed by atoms with E-state index in [2.05, 4.69) is 10.2 Å². The molecule has 0 bridgehead atoms. The molecule has 0 unspecified atom stereocenters. The van der Waals surface area contributed by atoms with Crippen molar-refractivity contribution in [1.82, 2.24) is 10.2 Å². The van der Waals surface area contributed by atoms with Crippen LogP contribution in [0.4, 0.5) is 0 Å². The first kappa shape index (κ1) is 13.0. The molecule has 1 aliphatic carbocycles. The first-order valence-electron chi connectivity index (χ1n) is 7.08. The van der Waals surface area contributed by atoms with E-state index in [0.29, 0.717) is 30.1 Å². The van der Waals surface area contributed by atoms with Crippen molar-refractivity contribution in [2.75, 3.05) is 20.3 Å². The minimum Gasteiger partial charge on any atom is -0.490 e. The monoisotopic (exact) mass is 294 g/mol. The van der Waals surface area contributed by atoms with Crippen molar-refractivity contribution in [2.45, 2.75) is 0 Å². The Morgan fingerprint density at radius 3 is 2.77 bits per heavy atom. The number of hydrogen-bond acceptors (Lipinski definition) is 4. The van der Waals surface area contributed by atoms with Crippen LogP contribution in [0.3, 0.4) is 0 Å². The fourth-order valence-corrected chi connectivity index (χ4v) is 2.91. The van der Waals surface area contributed by atoms with Crippen LogP contribution in [0.1, 0.15) is 15.9 Å². The lowest BCUT2D eigenvalue weighted by atomic mass is 9.87. The van der Waals surface area contributed by atoms with Gasteiger partial charge in [-0.25, -0.2) is 0 Å². The molecule has 3 aromatic rings. The Balaban J connectivity index is 1.92. The second kappa shape index (κ2) is 4.96. The van der Waals surface area contributed by atoms with Crippen molar-refractivity contribution in [2.24, 2.45) is 0 Å². The van der Waals surface area contributed by atoms with Gasteiger partial charge in [0.15, 0.2) is 5.78 Å². The van der Waals surface area contributed by atoms with E-state index in [4.69, 9.17) is 9.47 Å². The largest absolute Gasteiger partial charge is 0.490 e. The quantitative estimate of drug-likeness (QED) is 0.588. The predicted octanol–water partition coefficient (Wildman–Crippen LogP) is 2.80. The standard InChI is InChI=1S/C17H14N2O3/c1-21-8-9-22-13-7-3-4-10-15(13)17(20)11-5-2-6-12-14(11)16(10)19-18-12/h2-7H,8-9H2,1H3,(H,18,19). The molecule has 0 saturated heterocycles. The van der Waals surface area contributed by atoms with Crippen molar-refractivity contribution in [3.63, 3.8) is 0 Å². The summed E-state index contributed by atoms with van der Waals surface area (Å²) in [5.41, 5.74) is 3.72.